The lowest BCUT2D eigenvalue weighted by molar-refractivity contribution is 0.303. The zero-order valence-corrected chi connectivity index (χ0v) is 8.20. The molecule has 14 heavy (non-hydrogen) atoms. The van der Waals surface area contributed by atoms with Crippen molar-refractivity contribution in [2.24, 2.45) is 5.92 Å². The summed E-state index contributed by atoms with van der Waals surface area (Å²) in [6.45, 7) is 2.23. The standard InChI is InChI=1S/C11H13N3/c1-8-2-3-10(8)14-11-4-5-13-7-9(11)6-12/h4-5,7-8,10H,2-3H2,1H3,(H,13,14). The molecule has 0 amide bonds. The van der Waals surface area contributed by atoms with Crippen molar-refractivity contribution in [2.75, 3.05) is 5.32 Å². The van der Waals surface area contributed by atoms with E-state index in [-0.39, 0.29) is 0 Å². The van der Waals surface area contributed by atoms with Crippen LogP contribution in [0.3, 0.4) is 0 Å². The zero-order chi connectivity index (χ0) is 9.97. The van der Waals surface area contributed by atoms with Gasteiger partial charge in [0, 0.05) is 18.4 Å². The molecule has 0 radical (unpaired) electrons. The fourth-order valence-corrected chi connectivity index (χ4v) is 1.69. The van der Waals surface area contributed by atoms with Crippen LogP contribution in [0.15, 0.2) is 18.5 Å². The predicted molar refractivity (Wildman–Crippen MR) is 54.8 cm³/mol. The van der Waals surface area contributed by atoms with Gasteiger partial charge in [0.15, 0.2) is 0 Å². The van der Waals surface area contributed by atoms with Gasteiger partial charge in [-0.2, -0.15) is 5.26 Å². The Hall–Kier alpha value is -1.56. The van der Waals surface area contributed by atoms with Gasteiger partial charge in [-0.25, -0.2) is 0 Å². The highest BCUT2D eigenvalue weighted by atomic mass is 14.9. The molecule has 0 spiro atoms. The maximum Gasteiger partial charge on any atom is 0.103 e. The van der Waals surface area contributed by atoms with Crippen LogP contribution in [0.1, 0.15) is 25.3 Å². The third kappa shape index (κ3) is 1.56. The first kappa shape index (κ1) is 9.01. The molecule has 1 aromatic heterocycles. The number of rotatable bonds is 2. The molecule has 0 bridgehead atoms. The maximum atomic E-state index is 8.86. The number of pyridine rings is 1. The second kappa shape index (κ2) is 3.67. The highest BCUT2D eigenvalue weighted by Gasteiger charge is 2.26. The summed E-state index contributed by atoms with van der Waals surface area (Å²) < 4.78 is 0. The summed E-state index contributed by atoms with van der Waals surface area (Å²) in [5, 5.41) is 12.2. The van der Waals surface area contributed by atoms with Gasteiger partial charge in [-0.15, -0.1) is 0 Å². The van der Waals surface area contributed by atoms with E-state index >= 15 is 0 Å². The molecule has 2 rings (SSSR count). The van der Waals surface area contributed by atoms with Crippen LogP contribution in [0.25, 0.3) is 0 Å². The Morgan fingerprint density at radius 1 is 1.57 bits per heavy atom. The summed E-state index contributed by atoms with van der Waals surface area (Å²) in [7, 11) is 0. The Balaban J connectivity index is 2.12. The Bertz CT molecular complexity index is 367. The Labute approximate surface area is 83.8 Å². The maximum absolute atomic E-state index is 8.86. The molecule has 1 fully saturated rings. The molecule has 1 aromatic rings. The number of anilines is 1. The van der Waals surface area contributed by atoms with E-state index in [0.717, 1.165) is 11.6 Å². The third-order valence-corrected chi connectivity index (χ3v) is 2.90. The third-order valence-electron chi connectivity index (χ3n) is 2.90. The van der Waals surface area contributed by atoms with Crippen LogP contribution >= 0.6 is 0 Å². The van der Waals surface area contributed by atoms with Crippen molar-refractivity contribution in [1.82, 2.24) is 4.98 Å². The fourth-order valence-electron chi connectivity index (χ4n) is 1.69. The number of nitrogens with zero attached hydrogens (tertiary/aromatic N) is 2. The average molecular weight is 187 g/mol. The molecule has 1 saturated carbocycles. The molecule has 72 valence electrons. The van der Waals surface area contributed by atoms with Crippen LogP contribution in [0, 0.1) is 17.2 Å². The normalized spacial score (nSPS) is 24.9. The van der Waals surface area contributed by atoms with E-state index in [1.54, 1.807) is 12.4 Å². The van der Waals surface area contributed by atoms with Crippen LogP contribution in [0.2, 0.25) is 0 Å². The fraction of sp³-hybridized carbons (Fsp3) is 0.455. The molecule has 0 aliphatic heterocycles. The van der Waals surface area contributed by atoms with Gasteiger partial charge in [0.25, 0.3) is 0 Å². The number of nitriles is 1. The van der Waals surface area contributed by atoms with Gasteiger partial charge in [0.05, 0.1) is 11.3 Å². The molecule has 3 nitrogen and oxygen atoms in total. The lowest BCUT2D eigenvalue weighted by atomic mass is 9.81. The first-order valence-electron chi connectivity index (χ1n) is 4.92. The smallest absolute Gasteiger partial charge is 0.103 e. The molecule has 1 N–H and O–H groups in total. The minimum Gasteiger partial charge on any atom is -0.381 e. The van der Waals surface area contributed by atoms with Gasteiger partial charge in [-0.1, -0.05) is 6.92 Å². The molecular weight excluding hydrogens is 174 g/mol. The second-order valence-corrected chi connectivity index (χ2v) is 3.84. The minimum absolute atomic E-state index is 0.532. The van der Waals surface area contributed by atoms with E-state index < -0.39 is 0 Å². The van der Waals surface area contributed by atoms with E-state index in [2.05, 4.69) is 23.3 Å². The Morgan fingerprint density at radius 2 is 2.43 bits per heavy atom. The van der Waals surface area contributed by atoms with E-state index in [0.29, 0.717) is 11.6 Å². The van der Waals surface area contributed by atoms with Crippen LogP contribution < -0.4 is 5.32 Å². The van der Waals surface area contributed by atoms with Gasteiger partial charge in [0.2, 0.25) is 0 Å². The average Bonchev–Trinajstić information content (AvgIpc) is 2.24. The Kier molecular flexibility index (Phi) is 2.36. The number of hydrogen-bond acceptors (Lipinski definition) is 3. The number of hydrogen-bond donors (Lipinski definition) is 1. The van der Waals surface area contributed by atoms with Gasteiger partial charge in [0.1, 0.15) is 6.07 Å². The molecule has 2 atom stereocenters. The molecule has 1 aliphatic carbocycles. The Morgan fingerprint density at radius 3 is 3.00 bits per heavy atom. The topological polar surface area (TPSA) is 48.7 Å². The van der Waals surface area contributed by atoms with Crippen molar-refractivity contribution in [2.45, 2.75) is 25.8 Å². The van der Waals surface area contributed by atoms with E-state index in [1.807, 2.05) is 6.07 Å². The summed E-state index contributed by atoms with van der Waals surface area (Å²) in [4.78, 5) is 3.92. The van der Waals surface area contributed by atoms with Crippen LogP contribution in [-0.2, 0) is 0 Å². The van der Waals surface area contributed by atoms with Crippen molar-refractivity contribution in [3.8, 4) is 6.07 Å². The van der Waals surface area contributed by atoms with Crippen molar-refractivity contribution in [1.29, 1.82) is 5.26 Å². The SMILES string of the molecule is CC1CCC1Nc1ccncc1C#N. The summed E-state index contributed by atoms with van der Waals surface area (Å²) in [6.07, 6.45) is 5.80. The van der Waals surface area contributed by atoms with E-state index in [4.69, 9.17) is 5.26 Å². The minimum atomic E-state index is 0.532. The highest BCUT2D eigenvalue weighted by Crippen LogP contribution is 2.30. The first-order valence-corrected chi connectivity index (χ1v) is 4.92. The molecule has 0 aromatic carbocycles. The lowest BCUT2D eigenvalue weighted by Gasteiger charge is -2.35. The summed E-state index contributed by atoms with van der Waals surface area (Å²) in [5.74, 6) is 0.717. The summed E-state index contributed by atoms with van der Waals surface area (Å²) in [6, 6.07) is 4.54. The molecule has 1 heterocycles. The van der Waals surface area contributed by atoms with Crippen molar-refractivity contribution in [3.05, 3.63) is 24.0 Å². The van der Waals surface area contributed by atoms with E-state index in [9.17, 15) is 0 Å². The lowest BCUT2D eigenvalue weighted by Crippen LogP contribution is -2.36. The highest BCUT2D eigenvalue weighted by molar-refractivity contribution is 5.56. The van der Waals surface area contributed by atoms with Gasteiger partial charge in [-0.3, -0.25) is 4.98 Å². The van der Waals surface area contributed by atoms with Gasteiger partial charge < -0.3 is 5.32 Å². The largest absolute Gasteiger partial charge is 0.381 e. The number of nitrogens with one attached hydrogen (secondary N) is 1. The first-order chi connectivity index (χ1) is 6.81. The molecule has 3 heteroatoms. The predicted octanol–water partition coefficient (Wildman–Crippen LogP) is 2.16. The quantitative estimate of drug-likeness (QED) is 0.771. The molecule has 2 unspecified atom stereocenters. The monoisotopic (exact) mass is 187 g/mol. The summed E-state index contributed by atoms with van der Waals surface area (Å²) >= 11 is 0. The molecular formula is C11H13N3. The zero-order valence-electron chi connectivity index (χ0n) is 8.20. The van der Waals surface area contributed by atoms with Gasteiger partial charge in [-0.05, 0) is 24.8 Å². The van der Waals surface area contributed by atoms with Crippen LogP contribution in [0.5, 0.6) is 0 Å². The van der Waals surface area contributed by atoms with E-state index in [1.165, 1.54) is 12.8 Å². The van der Waals surface area contributed by atoms with Crippen molar-refractivity contribution >= 4 is 5.69 Å². The number of aromatic nitrogens is 1. The molecule has 1 aliphatic rings. The van der Waals surface area contributed by atoms with Crippen LogP contribution in [-0.4, -0.2) is 11.0 Å². The second-order valence-electron chi connectivity index (χ2n) is 3.84. The van der Waals surface area contributed by atoms with Gasteiger partial charge >= 0.3 is 0 Å². The van der Waals surface area contributed by atoms with Crippen molar-refractivity contribution in [3.63, 3.8) is 0 Å². The van der Waals surface area contributed by atoms with Crippen molar-refractivity contribution < 1.29 is 0 Å². The summed E-state index contributed by atoms with van der Waals surface area (Å²) in [5.41, 5.74) is 1.55. The molecule has 0 saturated heterocycles. The van der Waals surface area contributed by atoms with Crippen LogP contribution in [0.4, 0.5) is 5.69 Å².